The molecule has 0 saturated carbocycles. The summed E-state index contributed by atoms with van der Waals surface area (Å²) < 4.78 is 27.9. The van der Waals surface area contributed by atoms with Crippen molar-refractivity contribution in [2.45, 2.75) is 44.9 Å². The van der Waals surface area contributed by atoms with Crippen LogP contribution in [0.1, 0.15) is 26.7 Å². The monoisotopic (exact) mass is 287 g/mol. The first-order chi connectivity index (χ1) is 8.81. The van der Waals surface area contributed by atoms with E-state index in [0.717, 1.165) is 6.42 Å². The van der Waals surface area contributed by atoms with E-state index in [1.807, 2.05) is 0 Å². The van der Waals surface area contributed by atoms with Gasteiger partial charge in [0.25, 0.3) is 0 Å². The number of sulfonamides is 1. The zero-order valence-corrected chi connectivity index (χ0v) is 12.2. The Balaban J connectivity index is 2.06. The fraction of sp³-hybridized carbons (Fsp3) is 0.750. The second kappa shape index (κ2) is 5.22. The molecule has 1 aliphatic heterocycles. The van der Waals surface area contributed by atoms with Crippen LogP contribution in [0.3, 0.4) is 0 Å². The fourth-order valence-corrected chi connectivity index (χ4v) is 4.37. The lowest BCUT2D eigenvalue weighted by atomic mass is 9.98. The van der Waals surface area contributed by atoms with Crippen LogP contribution in [-0.2, 0) is 16.6 Å². The van der Waals surface area contributed by atoms with E-state index in [1.54, 1.807) is 37.1 Å². The maximum absolute atomic E-state index is 12.4. The Kier molecular flexibility index (Phi) is 3.98. The van der Waals surface area contributed by atoms with Crippen molar-refractivity contribution in [1.29, 1.82) is 0 Å². The molecule has 0 aliphatic carbocycles. The van der Waals surface area contributed by atoms with E-state index in [9.17, 15) is 13.5 Å². The Morgan fingerprint density at radius 1 is 1.47 bits per heavy atom. The second-order valence-corrected chi connectivity index (χ2v) is 7.58. The van der Waals surface area contributed by atoms with Crippen LogP contribution in [0.2, 0.25) is 0 Å². The minimum atomic E-state index is -3.34. The van der Waals surface area contributed by atoms with Crippen molar-refractivity contribution in [1.82, 2.24) is 13.9 Å². The zero-order valence-electron chi connectivity index (χ0n) is 11.4. The van der Waals surface area contributed by atoms with Crippen molar-refractivity contribution in [3.05, 3.63) is 18.7 Å². The second-order valence-electron chi connectivity index (χ2n) is 5.54. The van der Waals surface area contributed by atoms with E-state index in [1.165, 1.54) is 4.31 Å². The maximum Gasteiger partial charge on any atom is 0.216 e. The lowest BCUT2D eigenvalue weighted by molar-refractivity contribution is 0.0215. The highest BCUT2D eigenvalue weighted by atomic mass is 32.2. The summed E-state index contributed by atoms with van der Waals surface area (Å²) in [7, 11) is -3.34. The highest BCUT2D eigenvalue weighted by molar-refractivity contribution is 7.89. The van der Waals surface area contributed by atoms with Gasteiger partial charge in [0.2, 0.25) is 10.0 Å². The van der Waals surface area contributed by atoms with Crippen molar-refractivity contribution in [3.8, 4) is 0 Å². The number of aryl methyl sites for hydroxylation is 1. The van der Waals surface area contributed by atoms with Crippen molar-refractivity contribution in [2.24, 2.45) is 0 Å². The molecule has 1 fully saturated rings. The van der Waals surface area contributed by atoms with Gasteiger partial charge in [-0.3, -0.25) is 0 Å². The van der Waals surface area contributed by atoms with Crippen LogP contribution in [0, 0.1) is 0 Å². The van der Waals surface area contributed by atoms with Gasteiger partial charge < -0.3 is 9.67 Å². The third-order valence-corrected chi connectivity index (χ3v) is 5.39. The molecule has 0 amide bonds. The third kappa shape index (κ3) is 3.34. The standard InChI is InChI=1S/C12H21N3O3S/c1-12(2,16)11-4-3-6-15(11)19(17,18)9-8-14-7-5-13-10-14/h5,7,10-11,16H,3-4,6,8-9H2,1-2H3. The summed E-state index contributed by atoms with van der Waals surface area (Å²) >= 11 is 0. The molecule has 2 rings (SSSR count). The molecule has 1 saturated heterocycles. The molecule has 1 atom stereocenters. The number of rotatable bonds is 5. The van der Waals surface area contributed by atoms with Gasteiger partial charge in [-0.2, -0.15) is 4.31 Å². The van der Waals surface area contributed by atoms with Gasteiger partial charge in [0.1, 0.15) is 0 Å². The first-order valence-corrected chi connectivity index (χ1v) is 8.09. The summed E-state index contributed by atoms with van der Waals surface area (Å²) in [6.45, 7) is 4.22. The van der Waals surface area contributed by atoms with E-state index in [0.29, 0.717) is 19.5 Å². The highest BCUT2D eigenvalue weighted by Gasteiger charge is 2.41. The highest BCUT2D eigenvalue weighted by Crippen LogP contribution is 2.29. The van der Waals surface area contributed by atoms with Gasteiger partial charge in [0, 0.05) is 25.5 Å². The lowest BCUT2D eigenvalue weighted by Crippen LogP contribution is -2.49. The van der Waals surface area contributed by atoms with Crippen LogP contribution in [0.5, 0.6) is 0 Å². The van der Waals surface area contributed by atoms with Crippen molar-refractivity contribution >= 4 is 10.0 Å². The molecule has 1 N–H and O–H groups in total. The number of imidazole rings is 1. The molecule has 0 radical (unpaired) electrons. The molecule has 1 aromatic heterocycles. The number of nitrogens with zero attached hydrogens (tertiary/aromatic N) is 3. The van der Waals surface area contributed by atoms with E-state index in [2.05, 4.69) is 4.98 Å². The maximum atomic E-state index is 12.4. The van der Waals surface area contributed by atoms with Crippen LogP contribution in [0.25, 0.3) is 0 Å². The van der Waals surface area contributed by atoms with Gasteiger partial charge >= 0.3 is 0 Å². The predicted octanol–water partition coefficient (Wildman–Crippen LogP) is 0.448. The van der Waals surface area contributed by atoms with E-state index in [-0.39, 0.29) is 11.8 Å². The minimum Gasteiger partial charge on any atom is -0.389 e. The van der Waals surface area contributed by atoms with Crippen LogP contribution < -0.4 is 0 Å². The summed E-state index contributed by atoms with van der Waals surface area (Å²) in [6.07, 6.45) is 6.49. The fourth-order valence-electron chi connectivity index (χ4n) is 2.54. The third-order valence-electron chi connectivity index (χ3n) is 3.54. The predicted molar refractivity (Wildman–Crippen MR) is 72.0 cm³/mol. The number of hydrogen-bond donors (Lipinski definition) is 1. The number of aliphatic hydroxyl groups is 1. The SMILES string of the molecule is CC(C)(O)C1CCCN1S(=O)(=O)CCn1ccnc1. The number of aromatic nitrogens is 2. The summed E-state index contributed by atoms with van der Waals surface area (Å²) in [5.74, 6) is 0.0376. The molecule has 108 valence electrons. The Hall–Kier alpha value is -0.920. The first-order valence-electron chi connectivity index (χ1n) is 6.48. The Morgan fingerprint density at radius 2 is 2.21 bits per heavy atom. The van der Waals surface area contributed by atoms with Gasteiger partial charge in [0.15, 0.2) is 0 Å². The molecular weight excluding hydrogens is 266 g/mol. The van der Waals surface area contributed by atoms with Gasteiger partial charge in [-0.1, -0.05) is 0 Å². The Morgan fingerprint density at radius 3 is 2.79 bits per heavy atom. The molecule has 1 aliphatic rings. The molecule has 1 unspecified atom stereocenters. The van der Waals surface area contributed by atoms with Crippen molar-refractivity contribution in [2.75, 3.05) is 12.3 Å². The molecule has 0 bridgehead atoms. The minimum absolute atomic E-state index is 0.0376. The van der Waals surface area contributed by atoms with Gasteiger partial charge in [-0.25, -0.2) is 13.4 Å². The van der Waals surface area contributed by atoms with Crippen LogP contribution >= 0.6 is 0 Å². The molecule has 6 nitrogen and oxygen atoms in total. The first kappa shape index (κ1) is 14.5. The summed E-state index contributed by atoms with van der Waals surface area (Å²) in [4.78, 5) is 3.89. The topological polar surface area (TPSA) is 75.4 Å². The van der Waals surface area contributed by atoms with Gasteiger partial charge in [0.05, 0.1) is 23.7 Å². The molecule has 1 aromatic rings. The molecule has 7 heteroatoms. The molecule has 0 aromatic carbocycles. The zero-order chi connectivity index (χ0) is 14.1. The Bertz CT molecular complexity index is 505. The largest absolute Gasteiger partial charge is 0.389 e. The van der Waals surface area contributed by atoms with E-state index in [4.69, 9.17) is 0 Å². The summed E-state index contributed by atoms with van der Waals surface area (Å²) in [6, 6.07) is -0.319. The molecular formula is C12H21N3O3S. The van der Waals surface area contributed by atoms with Gasteiger partial charge in [-0.15, -0.1) is 0 Å². The number of hydrogen-bond acceptors (Lipinski definition) is 4. The summed E-state index contributed by atoms with van der Waals surface area (Å²) in [5.41, 5.74) is -1.00. The van der Waals surface area contributed by atoms with Gasteiger partial charge in [-0.05, 0) is 26.7 Å². The Labute approximate surface area is 114 Å². The average molecular weight is 287 g/mol. The van der Waals surface area contributed by atoms with E-state index < -0.39 is 15.6 Å². The van der Waals surface area contributed by atoms with Crippen LogP contribution in [-0.4, -0.2) is 51.3 Å². The quantitative estimate of drug-likeness (QED) is 0.853. The average Bonchev–Trinajstić information content (AvgIpc) is 2.97. The smallest absolute Gasteiger partial charge is 0.216 e. The van der Waals surface area contributed by atoms with E-state index >= 15 is 0 Å². The lowest BCUT2D eigenvalue weighted by Gasteiger charge is -2.33. The van der Waals surface area contributed by atoms with Crippen molar-refractivity contribution < 1.29 is 13.5 Å². The van der Waals surface area contributed by atoms with Crippen LogP contribution in [0.4, 0.5) is 0 Å². The van der Waals surface area contributed by atoms with Crippen molar-refractivity contribution in [3.63, 3.8) is 0 Å². The molecule has 19 heavy (non-hydrogen) atoms. The molecule has 2 heterocycles. The molecule has 0 spiro atoms. The summed E-state index contributed by atoms with van der Waals surface area (Å²) in [5, 5.41) is 10.1. The normalized spacial score (nSPS) is 21.9. The van der Waals surface area contributed by atoms with Crippen LogP contribution in [0.15, 0.2) is 18.7 Å².